The molecule has 1 rings (SSSR count). The van der Waals surface area contributed by atoms with E-state index in [4.69, 9.17) is 30.0 Å². The Hall–Kier alpha value is -2.28. The molecule has 0 aliphatic carbocycles. The SMILES string of the molecule is CC(=O)O.CC(=O)O.O=C(O)CN1CCCNCCN(CC(=O)O)CCNCC1. The summed E-state index contributed by atoms with van der Waals surface area (Å²) in [6, 6.07) is 0. The molecule has 6 N–H and O–H groups in total. The Bertz CT molecular complexity index is 440. The molecule has 1 aliphatic heterocycles. The molecule has 0 unspecified atom stereocenters. The molecule has 1 fully saturated rings. The second-order valence-corrected chi connectivity index (χ2v) is 6.23. The number of aliphatic carboxylic acids is 4. The zero-order chi connectivity index (χ0) is 22.7. The Morgan fingerprint density at radius 1 is 0.655 bits per heavy atom. The summed E-state index contributed by atoms with van der Waals surface area (Å²) in [5.74, 6) is -3.29. The topological polar surface area (TPSA) is 180 Å². The number of rotatable bonds is 4. The summed E-state index contributed by atoms with van der Waals surface area (Å²) >= 11 is 0. The minimum atomic E-state index is -0.833. The third kappa shape index (κ3) is 28.0. The highest BCUT2D eigenvalue weighted by Crippen LogP contribution is 1.93. The third-order valence-electron chi connectivity index (χ3n) is 3.36. The van der Waals surface area contributed by atoms with Crippen LogP contribution >= 0.6 is 0 Å². The highest BCUT2D eigenvalue weighted by Gasteiger charge is 2.11. The molecule has 0 aromatic carbocycles. The van der Waals surface area contributed by atoms with Crippen LogP contribution in [-0.4, -0.2) is 120 Å². The van der Waals surface area contributed by atoms with Crippen molar-refractivity contribution in [2.75, 3.05) is 65.4 Å². The maximum atomic E-state index is 10.8. The molecule has 12 nitrogen and oxygen atoms in total. The standard InChI is InChI=1S/C13H26N4O4.2C2H4O2/c18-12(19)10-16-6-1-2-14-3-8-17(11-13(20)21)9-5-15-4-7-16;2*1-2(3)4/h14-15H,1-11H2,(H,18,19)(H,20,21);2*1H3,(H,3,4). The molecule has 12 heteroatoms. The summed E-state index contributed by atoms with van der Waals surface area (Å²) in [6.45, 7) is 8.05. The first-order chi connectivity index (χ1) is 13.5. The van der Waals surface area contributed by atoms with Crippen LogP contribution in [0.5, 0.6) is 0 Å². The molecule has 0 spiro atoms. The van der Waals surface area contributed by atoms with Crippen molar-refractivity contribution in [2.24, 2.45) is 0 Å². The van der Waals surface area contributed by atoms with Crippen LogP contribution in [0.2, 0.25) is 0 Å². The number of hydrogen-bond donors (Lipinski definition) is 6. The largest absolute Gasteiger partial charge is 0.481 e. The normalized spacial score (nSPS) is 16.9. The maximum absolute atomic E-state index is 10.8. The average Bonchev–Trinajstić information content (AvgIpc) is 2.56. The summed E-state index contributed by atoms with van der Waals surface area (Å²) in [6.07, 6.45) is 0.881. The molecule has 29 heavy (non-hydrogen) atoms. The van der Waals surface area contributed by atoms with Gasteiger partial charge in [-0.3, -0.25) is 29.0 Å². The Morgan fingerprint density at radius 2 is 0.966 bits per heavy atom. The molecule has 170 valence electrons. The summed E-state index contributed by atoms with van der Waals surface area (Å²) < 4.78 is 0. The molecule has 0 radical (unpaired) electrons. The van der Waals surface area contributed by atoms with Crippen molar-refractivity contribution >= 4 is 23.9 Å². The van der Waals surface area contributed by atoms with E-state index in [9.17, 15) is 9.59 Å². The quantitative estimate of drug-likeness (QED) is 0.310. The lowest BCUT2D eigenvalue weighted by atomic mass is 10.3. The number of nitrogens with one attached hydrogen (secondary N) is 2. The monoisotopic (exact) mass is 422 g/mol. The van der Waals surface area contributed by atoms with Crippen LogP contribution in [0, 0.1) is 0 Å². The number of carbonyl (C=O) groups is 4. The first kappa shape index (κ1) is 28.9. The third-order valence-corrected chi connectivity index (χ3v) is 3.36. The summed E-state index contributed by atoms with van der Waals surface area (Å²) in [5, 5.41) is 39.1. The first-order valence-electron chi connectivity index (χ1n) is 9.23. The smallest absolute Gasteiger partial charge is 0.317 e. The van der Waals surface area contributed by atoms with Gasteiger partial charge in [-0.2, -0.15) is 0 Å². The minimum absolute atomic E-state index is 0.0501. The number of nitrogens with zero attached hydrogens (tertiary/aromatic N) is 2. The minimum Gasteiger partial charge on any atom is -0.481 e. The predicted octanol–water partition coefficient (Wildman–Crippen LogP) is -1.48. The van der Waals surface area contributed by atoms with E-state index in [0.29, 0.717) is 32.7 Å². The lowest BCUT2D eigenvalue weighted by Crippen LogP contribution is -2.40. The van der Waals surface area contributed by atoms with E-state index < -0.39 is 23.9 Å². The number of carboxylic acid groups (broad SMARTS) is 4. The van der Waals surface area contributed by atoms with E-state index in [1.807, 2.05) is 9.80 Å². The fourth-order valence-corrected chi connectivity index (χ4v) is 2.31. The molecule has 1 heterocycles. The number of hydrogen-bond acceptors (Lipinski definition) is 8. The first-order valence-corrected chi connectivity index (χ1v) is 9.23. The molecule has 0 amide bonds. The average molecular weight is 422 g/mol. The van der Waals surface area contributed by atoms with Gasteiger partial charge in [0.25, 0.3) is 11.9 Å². The van der Waals surface area contributed by atoms with Crippen molar-refractivity contribution in [3.05, 3.63) is 0 Å². The van der Waals surface area contributed by atoms with Gasteiger partial charge in [0.15, 0.2) is 0 Å². The summed E-state index contributed by atoms with van der Waals surface area (Å²) in [5.41, 5.74) is 0. The van der Waals surface area contributed by atoms with Crippen LogP contribution in [0.4, 0.5) is 0 Å². The lowest BCUT2D eigenvalue weighted by Gasteiger charge is -2.21. The fourth-order valence-electron chi connectivity index (χ4n) is 2.31. The fraction of sp³-hybridized carbons (Fsp3) is 0.765. The number of carboxylic acids is 4. The van der Waals surface area contributed by atoms with Gasteiger partial charge in [-0.05, 0) is 19.5 Å². The maximum Gasteiger partial charge on any atom is 0.317 e. The van der Waals surface area contributed by atoms with Crippen LogP contribution in [0.15, 0.2) is 0 Å². The van der Waals surface area contributed by atoms with Gasteiger partial charge in [0.1, 0.15) is 0 Å². The lowest BCUT2D eigenvalue weighted by molar-refractivity contribution is -0.139. The molecule has 0 aromatic heterocycles. The Kier molecular flexibility index (Phi) is 19.0. The van der Waals surface area contributed by atoms with Crippen molar-refractivity contribution in [1.82, 2.24) is 20.4 Å². The molecule has 1 saturated heterocycles. The van der Waals surface area contributed by atoms with Crippen molar-refractivity contribution in [2.45, 2.75) is 20.3 Å². The van der Waals surface area contributed by atoms with E-state index in [1.165, 1.54) is 0 Å². The zero-order valence-electron chi connectivity index (χ0n) is 17.1. The van der Waals surface area contributed by atoms with Gasteiger partial charge >= 0.3 is 11.9 Å². The molecule has 0 atom stereocenters. The molecule has 0 bridgehead atoms. The zero-order valence-corrected chi connectivity index (χ0v) is 17.1. The van der Waals surface area contributed by atoms with Crippen LogP contribution in [0.3, 0.4) is 0 Å². The Balaban J connectivity index is 0. The van der Waals surface area contributed by atoms with Crippen molar-refractivity contribution in [3.63, 3.8) is 0 Å². The van der Waals surface area contributed by atoms with E-state index in [0.717, 1.165) is 39.9 Å². The predicted molar refractivity (Wildman–Crippen MR) is 105 cm³/mol. The Morgan fingerprint density at radius 3 is 1.31 bits per heavy atom. The van der Waals surface area contributed by atoms with Gasteiger partial charge in [-0.1, -0.05) is 0 Å². The molecular formula is C17H34N4O8. The molecule has 0 saturated carbocycles. The van der Waals surface area contributed by atoms with Crippen LogP contribution in [-0.2, 0) is 19.2 Å². The van der Waals surface area contributed by atoms with Crippen LogP contribution in [0.25, 0.3) is 0 Å². The van der Waals surface area contributed by atoms with Crippen LogP contribution in [0.1, 0.15) is 20.3 Å². The highest BCUT2D eigenvalue weighted by atomic mass is 16.4. The Labute approximate surface area is 170 Å². The van der Waals surface area contributed by atoms with Crippen molar-refractivity contribution in [3.8, 4) is 0 Å². The molecular weight excluding hydrogens is 388 g/mol. The van der Waals surface area contributed by atoms with Crippen molar-refractivity contribution in [1.29, 1.82) is 0 Å². The molecule has 1 aliphatic rings. The van der Waals surface area contributed by atoms with Crippen molar-refractivity contribution < 1.29 is 39.6 Å². The van der Waals surface area contributed by atoms with E-state index in [2.05, 4.69) is 10.6 Å². The summed E-state index contributed by atoms with van der Waals surface area (Å²) in [7, 11) is 0. The second kappa shape index (κ2) is 19.1. The van der Waals surface area contributed by atoms with Gasteiger partial charge in [0.05, 0.1) is 13.1 Å². The second-order valence-electron chi connectivity index (χ2n) is 6.23. The highest BCUT2D eigenvalue weighted by molar-refractivity contribution is 5.69. The molecule has 0 aromatic rings. The van der Waals surface area contributed by atoms with Gasteiger partial charge in [-0.15, -0.1) is 0 Å². The van der Waals surface area contributed by atoms with Gasteiger partial charge < -0.3 is 31.1 Å². The van der Waals surface area contributed by atoms with Gasteiger partial charge in [0, 0.05) is 53.1 Å². The van der Waals surface area contributed by atoms with E-state index >= 15 is 0 Å². The van der Waals surface area contributed by atoms with E-state index in [1.54, 1.807) is 0 Å². The van der Waals surface area contributed by atoms with Crippen LogP contribution < -0.4 is 10.6 Å². The summed E-state index contributed by atoms with van der Waals surface area (Å²) in [4.78, 5) is 43.4. The van der Waals surface area contributed by atoms with Gasteiger partial charge in [0.2, 0.25) is 0 Å². The van der Waals surface area contributed by atoms with Gasteiger partial charge in [-0.25, -0.2) is 0 Å². The van der Waals surface area contributed by atoms with E-state index in [-0.39, 0.29) is 13.1 Å².